The fourth-order valence-corrected chi connectivity index (χ4v) is 2.89. The largest absolute Gasteiger partial charge is 0.506 e. The van der Waals surface area contributed by atoms with Crippen molar-refractivity contribution in [2.75, 3.05) is 5.75 Å². The van der Waals surface area contributed by atoms with Crippen LogP contribution in [0.3, 0.4) is 0 Å². The Morgan fingerprint density at radius 1 is 1.19 bits per heavy atom. The van der Waals surface area contributed by atoms with Gasteiger partial charge in [-0.05, 0) is 23.6 Å². The minimum Gasteiger partial charge on any atom is -0.506 e. The molecule has 0 aliphatic heterocycles. The zero-order chi connectivity index (χ0) is 14.7. The van der Waals surface area contributed by atoms with Crippen LogP contribution in [-0.2, 0) is 5.75 Å². The SMILES string of the molecule is CCCSCc1noc(-c2ccc3ccccc3c2O)n1. The molecule has 0 spiro atoms. The number of hydrogen-bond donors (Lipinski definition) is 1. The van der Waals surface area contributed by atoms with Crippen LogP contribution in [0.15, 0.2) is 40.9 Å². The Hall–Kier alpha value is -2.01. The van der Waals surface area contributed by atoms with Crippen molar-refractivity contribution in [2.45, 2.75) is 19.1 Å². The van der Waals surface area contributed by atoms with E-state index in [1.165, 1.54) is 0 Å². The maximum Gasteiger partial charge on any atom is 0.261 e. The highest BCUT2D eigenvalue weighted by Crippen LogP contribution is 2.35. The number of benzene rings is 2. The Bertz CT molecular complexity index is 755. The average molecular weight is 300 g/mol. The van der Waals surface area contributed by atoms with E-state index in [2.05, 4.69) is 17.1 Å². The number of aromatic nitrogens is 2. The highest BCUT2D eigenvalue weighted by molar-refractivity contribution is 7.98. The summed E-state index contributed by atoms with van der Waals surface area (Å²) in [6, 6.07) is 11.4. The lowest BCUT2D eigenvalue weighted by Gasteiger charge is -2.04. The van der Waals surface area contributed by atoms with Crippen LogP contribution in [0.4, 0.5) is 0 Å². The summed E-state index contributed by atoms with van der Waals surface area (Å²) in [5.74, 6) is 3.02. The van der Waals surface area contributed by atoms with Gasteiger partial charge in [-0.3, -0.25) is 0 Å². The molecule has 1 aromatic heterocycles. The molecule has 0 aliphatic carbocycles. The summed E-state index contributed by atoms with van der Waals surface area (Å²) in [7, 11) is 0. The van der Waals surface area contributed by atoms with Gasteiger partial charge in [0.25, 0.3) is 5.89 Å². The Labute approximate surface area is 127 Å². The average Bonchev–Trinajstić information content (AvgIpc) is 2.97. The van der Waals surface area contributed by atoms with E-state index in [9.17, 15) is 5.11 Å². The summed E-state index contributed by atoms with van der Waals surface area (Å²) in [5, 5.41) is 16.1. The second-order valence-electron chi connectivity index (χ2n) is 4.75. The number of nitrogens with zero attached hydrogens (tertiary/aromatic N) is 2. The van der Waals surface area contributed by atoms with Crippen LogP contribution in [0.5, 0.6) is 5.75 Å². The van der Waals surface area contributed by atoms with Gasteiger partial charge < -0.3 is 9.63 Å². The molecule has 0 radical (unpaired) electrons. The lowest BCUT2D eigenvalue weighted by atomic mass is 10.1. The first-order valence-corrected chi connectivity index (χ1v) is 8.06. The standard InChI is InChI=1S/C16H16N2O2S/c1-2-9-21-10-14-17-16(20-18-14)13-8-7-11-5-3-4-6-12(11)15(13)19/h3-8,19H,2,9-10H2,1H3. The first-order chi connectivity index (χ1) is 10.3. The third-order valence-electron chi connectivity index (χ3n) is 3.18. The number of rotatable bonds is 5. The molecule has 0 fully saturated rings. The molecule has 0 saturated carbocycles. The zero-order valence-electron chi connectivity index (χ0n) is 11.7. The molecular weight excluding hydrogens is 284 g/mol. The van der Waals surface area contributed by atoms with E-state index in [0.29, 0.717) is 17.3 Å². The van der Waals surface area contributed by atoms with Gasteiger partial charge in [-0.2, -0.15) is 16.7 Å². The number of aromatic hydroxyl groups is 1. The lowest BCUT2D eigenvalue weighted by Crippen LogP contribution is -1.86. The van der Waals surface area contributed by atoms with Crippen molar-refractivity contribution >= 4 is 22.5 Å². The van der Waals surface area contributed by atoms with E-state index < -0.39 is 0 Å². The van der Waals surface area contributed by atoms with Gasteiger partial charge in [-0.1, -0.05) is 42.4 Å². The summed E-state index contributed by atoms with van der Waals surface area (Å²) >= 11 is 1.77. The second kappa shape index (κ2) is 6.18. The Kier molecular flexibility index (Phi) is 4.10. The van der Waals surface area contributed by atoms with Gasteiger partial charge in [0.15, 0.2) is 5.82 Å². The van der Waals surface area contributed by atoms with Crippen LogP contribution >= 0.6 is 11.8 Å². The molecule has 21 heavy (non-hydrogen) atoms. The highest BCUT2D eigenvalue weighted by Gasteiger charge is 2.14. The summed E-state index contributed by atoms with van der Waals surface area (Å²) < 4.78 is 5.28. The first-order valence-electron chi connectivity index (χ1n) is 6.91. The lowest BCUT2D eigenvalue weighted by molar-refractivity contribution is 0.420. The molecule has 4 nitrogen and oxygen atoms in total. The molecule has 3 rings (SSSR count). The molecule has 5 heteroatoms. The van der Waals surface area contributed by atoms with Crippen LogP contribution in [-0.4, -0.2) is 21.0 Å². The van der Waals surface area contributed by atoms with Crippen molar-refractivity contribution in [2.24, 2.45) is 0 Å². The number of phenols is 1. The van der Waals surface area contributed by atoms with Gasteiger partial charge >= 0.3 is 0 Å². The summed E-state index contributed by atoms with van der Waals surface area (Å²) in [6.45, 7) is 2.14. The maximum atomic E-state index is 10.4. The molecule has 0 atom stereocenters. The van der Waals surface area contributed by atoms with Crippen LogP contribution in [0, 0.1) is 0 Å². The predicted octanol–water partition coefficient (Wildman–Crippen LogP) is 4.24. The van der Waals surface area contributed by atoms with Crippen LogP contribution in [0.25, 0.3) is 22.2 Å². The first kappa shape index (κ1) is 13.9. The second-order valence-corrected chi connectivity index (χ2v) is 5.86. The van der Waals surface area contributed by atoms with Crippen molar-refractivity contribution in [3.63, 3.8) is 0 Å². The van der Waals surface area contributed by atoms with Crippen molar-refractivity contribution in [1.82, 2.24) is 10.1 Å². The zero-order valence-corrected chi connectivity index (χ0v) is 12.6. The van der Waals surface area contributed by atoms with Crippen molar-refractivity contribution in [3.8, 4) is 17.2 Å². The van der Waals surface area contributed by atoms with Crippen LogP contribution in [0.1, 0.15) is 19.2 Å². The van der Waals surface area contributed by atoms with E-state index >= 15 is 0 Å². The number of phenolic OH excluding ortho intramolecular Hbond substituents is 1. The molecule has 0 aliphatic rings. The van der Waals surface area contributed by atoms with E-state index in [1.54, 1.807) is 11.8 Å². The molecule has 0 saturated heterocycles. The topological polar surface area (TPSA) is 59.2 Å². The van der Waals surface area contributed by atoms with Crippen LogP contribution in [0.2, 0.25) is 0 Å². The van der Waals surface area contributed by atoms with Crippen molar-refractivity contribution in [3.05, 3.63) is 42.2 Å². The van der Waals surface area contributed by atoms with Crippen molar-refractivity contribution < 1.29 is 9.63 Å². The molecule has 1 N–H and O–H groups in total. The van der Waals surface area contributed by atoms with Gasteiger partial charge in [-0.25, -0.2) is 0 Å². The smallest absolute Gasteiger partial charge is 0.261 e. The fourth-order valence-electron chi connectivity index (χ4n) is 2.16. The van der Waals surface area contributed by atoms with E-state index in [4.69, 9.17) is 4.52 Å². The highest BCUT2D eigenvalue weighted by atomic mass is 32.2. The minimum absolute atomic E-state index is 0.185. The normalized spacial score (nSPS) is 11.1. The third kappa shape index (κ3) is 2.88. The van der Waals surface area contributed by atoms with E-state index in [1.807, 2.05) is 36.4 Å². The monoisotopic (exact) mass is 300 g/mol. The molecule has 0 unspecified atom stereocenters. The molecule has 3 aromatic rings. The van der Waals surface area contributed by atoms with Gasteiger partial charge in [0, 0.05) is 5.39 Å². The fraction of sp³-hybridized carbons (Fsp3) is 0.250. The Morgan fingerprint density at radius 3 is 2.90 bits per heavy atom. The molecule has 0 bridgehead atoms. The molecular formula is C16H16N2O2S. The van der Waals surface area contributed by atoms with Gasteiger partial charge in [0.05, 0.1) is 11.3 Å². The Balaban J connectivity index is 1.91. The number of fused-ring (bicyclic) bond motifs is 1. The van der Waals surface area contributed by atoms with Gasteiger partial charge in [0.2, 0.25) is 0 Å². The number of hydrogen-bond acceptors (Lipinski definition) is 5. The van der Waals surface area contributed by atoms with Crippen LogP contribution < -0.4 is 0 Å². The summed E-state index contributed by atoms with van der Waals surface area (Å²) in [6.07, 6.45) is 1.13. The molecule has 0 amide bonds. The predicted molar refractivity (Wildman–Crippen MR) is 85.4 cm³/mol. The van der Waals surface area contributed by atoms with Crippen molar-refractivity contribution in [1.29, 1.82) is 0 Å². The maximum absolute atomic E-state index is 10.4. The molecule has 108 valence electrons. The van der Waals surface area contributed by atoms with E-state index in [-0.39, 0.29) is 5.75 Å². The van der Waals surface area contributed by atoms with Gasteiger partial charge in [-0.15, -0.1) is 0 Å². The summed E-state index contributed by atoms with van der Waals surface area (Å²) in [4.78, 5) is 4.36. The minimum atomic E-state index is 0.185. The third-order valence-corrected chi connectivity index (χ3v) is 4.34. The number of thioether (sulfide) groups is 1. The molecule has 1 heterocycles. The van der Waals surface area contributed by atoms with Gasteiger partial charge in [0.1, 0.15) is 5.75 Å². The quantitative estimate of drug-likeness (QED) is 0.714. The summed E-state index contributed by atoms with van der Waals surface area (Å²) in [5.41, 5.74) is 0.577. The van der Waals surface area contributed by atoms with E-state index in [0.717, 1.165) is 28.7 Å². The Morgan fingerprint density at radius 2 is 2.05 bits per heavy atom. The molecule has 2 aromatic carbocycles.